The number of nitrogens with two attached hydrogens (primary N) is 1. The smallest absolute Gasteiger partial charge is 0.132 e. The van der Waals surface area contributed by atoms with Crippen LogP contribution in [0, 0.1) is 12.7 Å². The van der Waals surface area contributed by atoms with Crippen molar-refractivity contribution >= 4 is 5.82 Å². The fourth-order valence-corrected chi connectivity index (χ4v) is 2.49. The summed E-state index contributed by atoms with van der Waals surface area (Å²) in [6.07, 6.45) is 2.32. The lowest BCUT2D eigenvalue weighted by Crippen LogP contribution is -2.04. The Morgan fingerprint density at radius 3 is 2.79 bits per heavy atom. The molecule has 3 rings (SSSR count). The molecule has 0 atom stereocenters. The Balaban J connectivity index is 2.17. The lowest BCUT2D eigenvalue weighted by atomic mass is 10.1. The van der Waals surface area contributed by atoms with Gasteiger partial charge >= 0.3 is 0 Å². The molecule has 1 aromatic carbocycles. The van der Waals surface area contributed by atoms with Gasteiger partial charge in [0, 0.05) is 18.0 Å². The quantitative estimate of drug-likeness (QED) is 0.917. The fraction of sp³-hybridized carbons (Fsp3) is 0.400. The van der Waals surface area contributed by atoms with Crippen molar-refractivity contribution in [3.63, 3.8) is 0 Å². The van der Waals surface area contributed by atoms with Gasteiger partial charge in [-0.25, -0.2) is 9.37 Å². The molecule has 0 aliphatic heterocycles. The first-order valence-electron chi connectivity index (χ1n) is 6.74. The van der Waals surface area contributed by atoms with E-state index in [1.165, 1.54) is 6.07 Å². The van der Waals surface area contributed by atoms with E-state index in [0.29, 0.717) is 23.0 Å². The van der Waals surface area contributed by atoms with Crippen LogP contribution in [0.4, 0.5) is 10.2 Å². The number of imidazole rings is 1. The van der Waals surface area contributed by atoms with Crippen LogP contribution in [0.25, 0.3) is 11.3 Å². The number of hydrogen-bond acceptors (Lipinski definition) is 2. The zero-order chi connectivity index (χ0) is 13.6. The van der Waals surface area contributed by atoms with Gasteiger partial charge in [-0.05, 0) is 38.8 Å². The van der Waals surface area contributed by atoms with E-state index >= 15 is 0 Å². The second-order valence-corrected chi connectivity index (χ2v) is 5.21. The van der Waals surface area contributed by atoms with Crippen LogP contribution in [-0.4, -0.2) is 9.55 Å². The van der Waals surface area contributed by atoms with Crippen LogP contribution in [0.15, 0.2) is 18.2 Å². The minimum atomic E-state index is -0.264. The Morgan fingerprint density at radius 2 is 2.16 bits per heavy atom. The van der Waals surface area contributed by atoms with Gasteiger partial charge in [-0.3, -0.25) is 0 Å². The normalized spacial score (nSPS) is 14.9. The molecule has 3 nitrogen and oxygen atoms in total. The summed E-state index contributed by atoms with van der Waals surface area (Å²) in [5.41, 5.74) is 8.27. The van der Waals surface area contributed by atoms with Crippen LogP contribution in [0.2, 0.25) is 0 Å². The third-order valence-corrected chi connectivity index (χ3v) is 3.67. The molecule has 0 bridgehead atoms. The topological polar surface area (TPSA) is 43.8 Å². The van der Waals surface area contributed by atoms with E-state index < -0.39 is 0 Å². The fourth-order valence-electron chi connectivity index (χ4n) is 2.49. The minimum Gasteiger partial charge on any atom is -0.383 e. The number of aromatic nitrogens is 2. The Hall–Kier alpha value is -1.84. The van der Waals surface area contributed by atoms with Gasteiger partial charge in [-0.1, -0.05) is 11.6 Å². The second kappa shape index (κ2) is 4.37. The molecule has 0 saturated heterocycles. The first kappa shape index (κ1) is 12.2. The molecule has 2 aromatic rings. The third kappa shape index (κ3) is 2.01. The SMILES string of the molecule is CCn1c(C2CC2)nc(-c2cc(C)ccc2F)c1N. The standard InChI is InChI=1S/C15H18FN3/c1-3-19-14(17)13(18-15(19)10-5-6-10)11-8-9(2)4-7-12(11)16/h4,7-8,10H,3,5-6,17H2,1-2H3. The molecule has 4 heteroatoms. The summed E-state index contributed by atoms with van der Waals surface area (Å²) in [7, 11) is 0. The maximum absolute atomic E-state index is 14.0. The van der Waals surface area contributed by atoms with Crippen molar-refractivity contribution in [1.82, 2.24) is 9.55 Å². The highest BCUT2D eigenvalue weighted by Gasteiger charge is 2.31. The molecule has 100 valence electrons. The van der Waals surface area contributed by atoms with Crippen LogP contribution in [0.5, 0.6) is 0 Å². The molecule has 0 amide bonds. The number of halogens is 1. The number of aryl methyl sites for hydroxylation is 1. The van der Waals surface area contributed by atoms with Crippen LogP contribution in [0.1, 0.15) is 37.1 Å². The first-order chi connectivity index (χ1) is 9.11. The highest BCUT2D eigenvalue weighted by Crippen LogP contribution is 2.42. The van der Waals surface area contributed by atoms with Crippen molar-refractivity contribution in [2.45, 2.75) is 39.2 Å². The zero-order valence-corrected chi connectivity index (χ0v) is 11.3. The molecule has 1 fully saturated rings. The van der Waals surface area contributed by atoms with Gasteiger partial charge < -0.3 is 10.3 Å². The number of nitrogen functional groups attached to an aromatic ring is 1. The van der Waals surface area contributed by atoms with E-state index in [-0.39, 0.29) is 5.82 Å². The Kier molecular flexibility index (Phi) is 2.81. The van der Waals surface area contributed by atoms with Gasteiger partial charge in [-0.15, -0.1) is 0 Å². The van der Waals surface area contributed by atoms with Crippen LogP contribution in [-0.2, 0) is 6.54 Å². The lowest BCUT2D eigenvalue weighted by Gasteiger charge is -2.06. The van der Waals surface area contributed by atoms with Crippen molar-refractivity contribution in [3.8, 4) is 11.3 Å². The van der Waals surface area contributed by atoms with Crippen molar-refractivity contribution < 1.29 is 4.39 Å². The number of anilines is 1. The van der Waals surface area contributed by atoms with Gasteiger partial charge in [0.25, 0.3) is 0 Å². The first-order valence-corrected chi connectivity index (χ1v) is 6.74. The molecule has 0 unspecified atom stereocenters. The van der Waals surface area contributed by atoms with Crippen LogP contribution in [0.3, 0.4) is 0 Å². The third-order valence-electron chi connectivity index (χ3n) is 3.67. The molecule has 2 N–H and O–H groups in total. The average Bonchev–Trinajstić information content (AvgIpc) is 3.17. The van der Waals surface area contributed by atoms with Crippen molar-refractivity contribution in [3.05, 3.63) is 35.4 Å². The number of hydrogen-bond donors (Lipinski definition) is 1. The highest BCUT2D eigenvalue weighted by atomic mass is 19.1. The Labute approximate surface area is 112 Å². The Bertz CT molecular complexity index is 627. The van der Waals surface area contributed by atoms with Crippen molar-refractivity contribution in [2.75, 3.05) is 5.73 Å². The van der Waals surface area contributed by atoms with Gasteiger partial charge in [0.1, 0.15) is 23.2 Å². The Morgan fingerprint density at radius 1 is 1.42 bits per heavy atom. The van der Waals surface area contributed by atoms with Gasteiger partial charge in [0.05, 0.1) is 0 Å². The molecule has 19 heavy (non-hydrogen) atoms. The molecular weight excluding hydrogens is 241 g/mol. The molecule has 1 aliphatic rings. The average molecular weight is 259 g/mol. The van der Waals surface area contributed by atoms with Gasteiger partial charge in [0.2, 0.25) is 0 Å². The summed E-state index contributed by atoms with van der Waals surface area (Å²) in [5.74, 6) is 1.83. The molecule has 1 saturated carbocycles. The zero-order valence-electron chi connectivity index (χ0n) is 11.3. The summed E-state index contributed by atoms with van der Waals surface area (Å²) >= 11 is 0. The molecule has 1 heterocycles. The number of nitrogens with zero attached hydrogens (tertiary/aromatic N) is 2. The summed E-state index contributed by atoms with van der Waals surface area (Å²) in [6, 6.07) is 5.05. The maximum Gasteiger partial charge on any atom is 0.132 e. The second-order valence-electron chi connectivity index (χ2n) is 5.21. The summed E-state index contributed by atoms with van der Waals surface area (Å²) in [5, 5.41) is 0. The summed E-state index contributed by atoms with van der Waals surface area (Å²) < 4.78 is 16.0. The van der Waals surface area contributed by atoms with E-state index in [1.54, 1.807) is 6.07 Å². The molecule has 0 radical (unpaired) electrons. The summed E-state index contributed by atoms with van der Waals surface area (Å²) in [6.45, 7) is 4.76. The van der Waals surface area contributed by atoms with E-state index in [0.717, 1.165) is 30.8 Å². The minimum absolute atomic E-state index is 0.264. The lowest BCUT2D eigenvalue weighted by molar-refractivity contribution is 0.630. The predicted molar refractivity (Wildman–Crippen MR) is 74.4 cm³/mol. The van der Waals surface area contributed by atoms with E-state index in [4.69, 9.17) is 5.73 Å². The highest BCUT2D eigenvalue weighted by molar-refractivity contribution is 5.72. The monoisotopic (exact) mass is 259 g/mol. The van der Waals surface area contributed by atoms with Gasteiger partial charge in [0.15, 0.2) is 0 Å². The number of rotatable bonds is 3. The van der Waals surface area contributed by atoms with E-state index in [1.807, 2.05) is 24.5 Å². The largest absolute Gasteiger partial charge is 0.383 e. The molecular formula is C15H18FN3. The van der Waals surface area contributed by atoms with Crippen molar-refractivity contribution in [1.29, 1.82) is 0 Å². The molecule has 0 spiro atoms. The van der Waals surface area contributed by atoms with E-state index in [9.17, 15) is 4.39 Å². The van der Waals surface area contributed by atoms with Gasteiger partial charge in [-0.2, -0.15) is 0 Å². The van der Waals surface area contributed by atoms with E-state index in [2.05, 4.69) is 4.98 Å². The van der Waals surface area contributed by atoms with Crippen LogP contribution < -0.4 is 5.73 Å². The predicted octanol–water partition coefficient (Wildman–Crippen LogP) is 3.48. The summed E-state index contributed by atoms with van der Waals surface area (Å²) in [4.78, 5) is 4.61. The van der Waals surface area contributed by atoms with Crippen molar-refractivity contribution in [2.24, 2.45) is 0 Å². The van der Waals surface area contributed by atoms with Crippen LogP contribution >= 0.6 is 0 Å². The maximum atomic E-state index is 14.0. The number of benzene rings is 1. The molecule has 1 aliphatic carbocycles. The molecule has 1 aromatic heterocycles.